The van der Waals surface area contributed by atoms with Gasteiger partial charge in [0.25, 0.3) is 0 Å². The van der Waals surface area contributed by atoms with Gasteiger partial charge in [0.05, 0.1) is 0 Å². The molecule has 0 amide bonds. The van der Waals surface area contributed by atoms with Gasteiger partial charge < -0.3 is 10.6 Å². The number of likely N-dealkylation sites (N-methyl/N-ethyl adjacent to an activating group) is 1. The first-order valence-electron chi connectivity index (χ1n) is 7.08. The fraction of sp³-hybridized carbons (Fsp3) is 1.00. The van der Waals surface area contributed by atoms with Crippen LogP contribution in [0.4, 0.5) is 0 Å². The molecule has 0 radical (unpaired) electrons. The molecule has 16 heavy (non-hydrogen) atoms. The Labute approximate surface area is 102 Å². The van der Waals surface area contributed by atoms with Crippen LogP contribution in [0.5, 0.6) is 0 Å². The molecule has 2 heteroatoms. The lowest BCUT2D eigenvalue weighted by Crippen LogP contribution is -2.39. The summed E-state index contributed by atoms with van der Waals surface area (Å²) in [6.07, 6.45) is 7.25. The minimum absolute atomic E-state index is 0.479. The second-order valence-electron chi connectivity index (χ2n) is 5.85. The minimum atomic E-state index is 0.479. The molecule has 2 N–H and O–H groups in total. The highest BCUT2D eigenvalue weighted by molar-refractivity contribution is 4.82. The predicted octanol–water partition coefficient (Wildman–Crippen LogP) is 2.79. The van der Waals surface area contributed by atoms with Crippen molar-refractivity contribution >= 4 is 0 Å². The Morgan fingerprint density at radius 3 is 2.25 bits per heavy atom. The van der Waals surface area contributed by atoms with Gasteiger partial charge in [-0.3, -0.25) is 0 Å². The molecule has 0 aromatic rings. The van der Waals surface area contributed by atoms with Gasteiger partial charge in [-0.1, -0.05) is 40.0 Å². The third-order valence-electron chi connectivity index (χ3n) is 4.02. The molecule has 0 heterocycles. The Hall–Kier alpha value is -0.0800. The molecule has 0 spiro atoms. The third kappa shape index (κ3) is 4.84. The van der Waals surface area contributed by atoms with E-state index < -0.39 is 0 Å². The molecule has 2 nitrogen and oxygen atoms in total. The van der Waals surface area contributed by atoms with E-state index in [9.17, 15) is 0 Å². The number of hydrogen-bond acceptors (Lipinski definition) is 2. The van der Waals surface area contributed by atoms with Crippen LogP contribution in [0.25, 0.3) is 0 Å². The van der Waals surface area contributed by atoms with Crippen molar-refractivity contribution in [3.63, 3.8) is 0 Å². The van der Waals surface area contributed by atoms with Crippen molar-refractivity contribution in [2.45, 2.75) is 52.9 Å². The average Bonchev–Trinajstić information content (AvgIpc) is 2.30. The van der Waals surface area contributed by atoms with Gasteiger partial charge >= 0.3 is 0 Å². The first-order chi connectivity index (χ1) is 7.67. The van der Waals surface area contributed by atoms with Gasteiger partial charge in [0, 0.05) is 19.6 Å². The highest BCUT2D eigenvalue weighted by Gasteiger charge is 2.29. The van der Waals surface area contributed by atoms with Crippen molar-refractivity contribution in [1.29, 1.82) is 0 Å². The molecule has 1 rings (SSSR count). The Kier molecular flexibility index (Phi) is 6.37. The van der Waals surface area contributed by atoms with Gasteiger partial charge in [0.1, 0.15) is 0 Å². The van der Waals surface area contributed by atoms with Gasteiger partial charge in [-0.25, -0.2) is 0 Å². The van der Waals surface area contributed by atoms with E-state index in [1.54, 1.807) is 0 Å². The van der Waals surface area contributed by atoms with Crippen LogP contribution in [0.3, 0.4) is 0 Å². The maximum absolute atomic E-state index is 3.60. The molecule has 0 aromatic carbocycles. The van der Waals surface area contributed by atoms with E-state index in [-0.39, 0.29) is 0 Å². The largest absolute Gasteiger partial charge is 0.316 e. The minimum Gasteiger partial charge on any atom is -0.316 e. The van der Waals surface area contributed by atoms with Crippen molar-refractivity contribution in [1.82, 2.24) is 10.6 Å². The summed E-state index contributed by atoms with van der Waals surface area (Å²) >= 11 is 0. The molecule has 1 saturated carbocycles. The Morgan fingerprint density at radius 1 is 1.00 bits per heavy atom. The fourth-order valence-corrected chi connectivity index (χ4v) is 2.79. The molecule has 1 aliphatic carbocycles. The SMILES string of the molecule is CCNCCNCC(C)(C)C1CCCCC1. The Balaban J connectivity index is 2.16. The van der Waals surface area contributed by atoms with Gasteiger partial charge in [0.2, 0.25) is 0 Å². The second kappa shape index (κ2) is 7.29. The van der Waals surface area contributed by atoms with Crippen molar-refractivity contribution < 1.29 is 0 Å². The number of nitrogens with one attached hydrogen (secondary N) is 2. The first-order valence-corrected chi connectivity index (χ1v) is 7.08. The summed E-state index contributed by atoms with van der Waals surface area (Å²) in [5, 5.41) is 6.95. The predicted molar refractivity (Wildman–Crippen MR) is 71.8 cm³/mol. The van der Waals surface area contributed by atoms with E-state index in [0.717, 1.165) is 25.6 Å². The summed E-state index contributed by atoms with van der Waals surface area (Å²) in [7, 11) is 0. The van der Waals surface area contributed by atoms with Gasteiger partial charge in [-0.15, -0.1) is 0 Å². The molecule has 96 valence electrons. The lowest BCUT2D eigenvalue weighted by Gasteiger charge is -2.37. The molecular weight excluding hydrogens is 196 g/mol. The van der Waals surface area contributed by atoms with E-state index in [4.69, 9.17) is 0 Å². The third-order valence-corrected chi connectivity index (χ3v) is 4.02. The van der Waals surface area contributed by atoms with Gasteiger partial charge in [-0.05, 0) is 30.7 Å². The van der Waals surface area contributed by atoms with Crippen molar-refractivity contribution in [2.24, 2.45) is 11.3 Å². The molecule has 0 atom stereocenters. The highest BCUT2D eigenvalue weighted by atomic mass is 14.9. The molecule has 0 aliphatic heterocycles. The van der Waals surface area contributed by atoms with E-state index in [0.29, 0.717) is 5.41 Å². The van der Waals surface area contributed by atoms with E-state index >= 15 is 0 Å². The molecule has 0 saturated heterocycles. The van der Waals surface area contributed by atoms with Crippen LogP contribution in [-0.2, 0) is 0 Å². The topological polar surface area (TPSA) is 24.1 Å². The lowest BCUT2D eigenvalue weighted by atomic mass is 9.71. The van der Waals surface area contributed by atoms with Crippen molar-refractivity contribution in [3.8, 4) is 0 Å². The van der Waals surface area contributed by atoms with Crippen LogP contribution in [-0.4, -0.2) is 26.2 Å². The van der Waals surface area contributed by atoms with Crippen LogP contribution in [0.15, 0.2) is 0 Å². The first kappa shape index (κ1) is 14.0. The van der Waals surface area contributed by atoms with Crippen molar-refractivity contribution in [2.75, 3.05) is 26.2 Å². The quantitative estimate of drug-likeness (QED) is 0.652. The summed E-state index contributed by atoms with van der Waals surface area (Å²) in [6, 6.07) is 0. The maximum atomic E-state index is 3.60. The Morgan fingerprint density at radius 2 is 1.62 bits per heavy atom. The molecule has 0 aromatic heterocycles. The van der Waals surface area contributed by atoms with Crippen molar-refractivity contribution in [3.05, 3.63) is 0 Å². The second-order valence-corrected chi connectivity index (χ2v) is 5.85. The maximum Gasteiger partial charge on any atom is 0.00769 e. The zero-order chi connectivity index (χ0) is 11.9. The standard InChI is InChI=1S/C14H30N2/c1-4-15-10-11-16-12-14(2,3)13-8-6-5-7-9-13/h13,15-16H,4-12H2,1-3H3. The summed E-state index contributed by atoms with van der Waals surface area (Å²) in [5.41, 5.74) is 0.479. The van der Waals surface area contributed by atoms with E-state index in [1.165, 1.54) is 38.6 Å². The average molecular weight is 226 g/mol. The van der Waals surface area contributed by atoms with Crippen LogP contribution in [0.2, 0.25) is 0 Å². The van der Waals surface area contributed by atoms with Crippen LogP contribution in [0, 0.1) is 11.3 Å². The lowest BCUT2D eigenvalue weighted by molar-refractivity contribution is 0.154. The molecule has 0 unspecified atom stereocenters. The summed E-state index contributed by atoms with van der Waals surface area (Å²) in [5.74, 6) is 0.938. The zero-order valence-corrected chi connectivity index (χ0v) is 11.4. The fourth-order valence-electron chi connectivity index (χ4n) is 2.79. The molecular formula is C14H30N2. The molecule has 1 fully saturated rings. The summed E-state index contributed by atoms with van der Waals surface area (Å²) < 4.78 is 0. The molecule has 0 bridgehead atoms. The Bertz CT molecular complexity index is 172. The normalized spacial score (nSPS) is 18.9. The smallest absolute Gasteiger partial charge is 0.00769 e. The van der Waals surface area contributed by atoms with Crippen LogP contribution < -0.4 is 10.6 Å². The van der Waals surface area contributed by atoms with Gasteiger partial charge in [-0.2, -0.15) is 0 Å². The molecule has 1 aliphatic rings. The van der Waals surface area contributed by atoms with Crippen LogP contribution in [0.1, 0.15) is 52.9 Å². The summed E-state index contributed by atoms with van der Waals surface area (Å²) in [4.78, 5) is 0. The highest BCUT2D eigenvalue weighted by Crippen LogP contribution is 2.37. The number of hydrogen-bond donors (Lipinski definition) is 2. The van der Waals surface area contributed by atoms with Crippen LogP contribution >= 0.6 is 0 Å². The number of rotatable bonds is 7. The summed E-state index contributed by atoms with van der Waals surface area (Å²) in [6.45, 7) is 11.5. The zero-order valence-electron chi connectivity index (χ0n) is 11.4. The van der Waals surface area contributed by atoms with E-state index in [2.05, 4.69) is 31.4 Å². The van der Waals surface area contributed by atoms with E-state index in [1.807, 2.05) is 0 Å². The van der Waals surface area contributed by atoms with Gasteiger partial charge in [0.15, 0.2) is 0 Å². The monoisotopic (exact) mass is 226 g/mol.